The summed E-state index contributed by atoms with van der Waals surface area (Å²) in [6.07, 6.45) is 3.51. The van der Waals surface area contributed by atoms with E-state index in [1.165, 1.54) is 6.07 Å². The highest BCUT2D eigenvalue weighted by Gasteiger charge is 2.35. The van der Waals surface area contributed by atoms with Gasteiger partial charge in [-0.25, -0.2) is 22.4 Å². The van der Waals surface area contributed by atoms with Crippen molar-refractivity contribution in [2.24, 2.45) is 5.92 Å². The third-order valence-corrected chi connectivity index (χ3v) is 6.93. The minimum Gasteiger partial charge on any atom is -0.478 e. The number of carbonyl (C=O) groups is 1. The van der Waals surface area contributed by atoms with Crippen molar-refractivity contribution >= 4 is 17.0 Å². The topological polar surface area (TPSA) is 81.2 Å². The minimum atomic E-state index is -2.66. The van der Waals surface area contributed by atoms with Crippen molar-refractivity contribution in [3.05, 3.63) is 59.2 Å². The number of aromatic carboxylic acids is 1. The summed E-state index contributed by atoms with van der Waals surface area (Å²) < 4.78 is 64.0. The van der Waals surface area contributed by atoms with Crippen LogP contribution in [0.5, 0.6) is 0 Å². The second-order valence-electron chi connectivity index (χ2n) is 9.38. The van der Waals surface area contributed by atoms with Crippen LogP contribution in [0.1, 0.15) is 47.5 Å². The summed E-state index contributed by atoms with van der Waals surface area (Å²) in [5.74, 6) is -6.40. The molecule has 0 atom stereocenters. The highest BCUT2D eigenvalue weighted by molar-refractivity contribution is 5.96. The summed E-state index contributed by atoms with van der Waals surface area (Å²) in [5, 5.41) is 13.1. The molecule has 1 aromatic carbocycles. The molecule has 1 fully saturated rings. The monoisotopic (exact) mass is 501 g/mol. The van der Waals surface area contributed by atoms with Crippen LogP contribution >= 0.6 is 0 Å². The van der Waals surface area contributed by atoms with Crippen molar-refractivity contribution in [1.29, 1.82) is 0 Å². The predicted molar refractivity (Wildman–Crippen MR) is 124 cm³/mol. The number of aromatic nitrogens is 3. The van der Waals surface area contributed by atoms with Gasteiger partial charge in [0.25, 0.3) is 0 Å². The number of hydrogen-bond donors (Lipinski definition) is 1. The van der Waals surface area contributed by atoms with Crippen LogP contribution in [-0.4, -0.2) is 31.7 Å². The molecule has 0 aliphatic heterocycles. The molecule has 1 saturated carbocycles. The lowest BCUT2D eigenvalue weighted by atomic mass is 9.87. The van der Waals surface area contributed by atoms with E-state index in [4.69, 9.17) is 9.63 Å². The largest absolute Gasteiger partial charge is 0.478 e. The number of hydrogen-bond acceptors (Lipinski definition) is 4. The fraction of sp³-hybridized carbons (Fsp3) is 0.346. The second-order valence-corrected chi connectivity index (χ2v) is 9.38. The van der Waals surface area contributed by atoms with E-state index in [0.717, 1.165) is 11.6 Å². The standard InChI is InChI=1S/C26H23F4N3O3/c1-13-21(14(2)36-32-13)16-9-20-24(31-10-16)19(17-3-4-18(25(34)35)23(28)22(17)27)12-33(20)11-15-5-7-26(29,30)8-6-15/h3-4,9-10,12,15H,5-8,11H2,1-2H3,(H,34,35). The lowest BCUT2D eigenvalue weighted by molar-refractivity contribution is -0.0472. The van der Waals surface area contributed by atoms with Crippen molar-refractivity contribution in [3.63, 3.8) is 0 Å². The van der Waals surface area contributed by atoms with Gasteiger partial charge in [-0.3, -0.25) is 4.98 Å². The molecular formula is C26H23F4N3O3. The van der Waals surface area contributed by atoms with E-state index < -0.39 is 29.1 Å². The van der Waals surface area contributed by atoms with Gasteiger partial charge >= 0.3 is 5.97 Å². The van der Waals surface area contributed by atoms with Gasteiger partial charge < -0.3 is 14.2 Å². The average Bonchev–Trinajstić information content (AvgIpc) is 3.35. The van der Waals surface area contributed by atoms with E-state index in [2.05, 4.69) is 10.1 Å². The van der Waals surface area contributed by atoms with Gasteiger partial charge in [0.15, 0.2) is 11.6 Å². The van der Waals surface area contributed by atoms with Crippen LogP contribution in [-0.2, 0) is 6.54 Å². The van der Waals surface area contributed by atoms with Crippen LogP contribution < -0.4 is 0 Å². The summed E-state index contributed by atoms with van der Waals surface area (Å²) in [4.78, 5) is 15.8. The van der Waals surface area contributed by atoms with Gasteiger partial charge in [-0.2, -0.15) is 0 Å². The van der Waals surface area contributed by atoms with Crippen LogP contribution in [0.2, 0.25) is 0 Å². The molecule has 10 heteroatoms. The van der Waals surface area contributed by atoms with E-state index in [9.17, 15) is 18.0 Å². The first-order valence-corrected chi connectivity index (χ1v) is 11.6. The van der Waals surface area contributed by atoms with Crippen molar-refractivity contribution < 1.29 is 32.0 Å². The normalized spacial score (nSPS) is 16.1. The van der Waals surface area contributed by atoms with E-state index in [1.54, 1.807) is 26.2 Å². The number of halogens is 4. The molecule has 3 aromatic heterocycles. The van der Waals surface area contributed by atoms with Crippen molar-refractivity contribution in [3.8, 4) is 22.3 Å². The number of rotatable bonds is 5. The molecule has 1 aliphatic carbocycles. The molecule has 0 radical (unpaired) electrons. The molecule has 0 unspecified atom stereocenters. The number of benzene rings is 1. The first-order valence-electron chi connectivity index (χ1n) is 11.6. The van der Waals surface area contributed by atoms with Crippen molar-refractivity contribution in [2.45, 2.75) is 52.0 Å². The fourth-order valence-corrected chi connectivity index (χ4v) is 5.03. The molecule has 5 rings (SSSR count). The summed E-state index contributed by atoms with van der Waals surface area (Å²) in [7, 11) is 0. The molecule has 0 amide bonds. The van der Waals surface area contributed by atoms with Gasteiger partial charge in [-0.15, -0.1) is 0 Å². The zero-order valence-corrected chi connectivity index (χ0v) is 19.6. The van der Waals surface area contributed by atoms with Crippen LogP contribution in [0.3, 0.4) is 0 Å². The van der Waals surface area contributed by atoms with E-state index in [0.29, 0.717) is 47.4 Å². The van der Waals surface area contributed by atoms with E-state index in [-0.39, 0.29) is 29.9 Å². The number of aryl methyl sites for hydroxylation is 2. The predicted octanol–water partition coefficient (Wildman–Crippen LogP) is 6.78. The molecule has 0 saturated heterocycles. The molecule has 1 N–H and O–H groups in total. The zero-order chi connectivity index (χ0) is 25.8. The third-order valence-electron chi connectivity index (χ3n) is 6.93. The summed E-state index contributed by atoms with van der Waals surface area (Å²) in [5.41, 5.74) is 2.52. The average molecular weight is 501 g/mol. The number of pyridine rings is 1. The SMILES string of the molecule is Cc1noc(C)c1-c1cnc2c(-c3ccc(C(=O)O)c(F)c3F)cn(CC3CCC(F)(F)CC3)c2c1. The molecular weight excluding hydrogens is 478 g/mol. The summed E-state index contributed by atoms with van der Waals surface area (Å²) >= 11 is 0. The first kappa shape index (κ1) is 24.0. The number of carboxylic acids is 1. The third kappa shape index (κ3) is 4.14. The molecule has 188 valence electrons. The Morgan fingerprint density at radius 1 is 1.17 bits per heavy atom. The Kier molecular flexibility index (Phi) is 5.84. The van der Waals surface area contributed by atoms with Gasteiger partial charge in [0.2, 0.25) is 5.92 Å². The molecule has 3 heterocycles. The minimum absolute atomic E-state index is 0.0215. The van der Waals surface area contributed by atoms with Gasteiger partial charge in [0.1, 0.15) is 5.76 Å². The summed E-state index contributed by atoms with van der Waals surface area (Å²) in [6.45, 7) is 3.97. The maximum atomic E-state index is 15.0. The Labute approximate surface area is 203 Å². The highest BCUT2D eigenvalue weighted by Crippen LogP contribution is 2.39. The Bertz CT molecular complexity index is 1460. The quantitative estimate of drug-likeness (QED) is 0.305. The maximum absolute atomic E-state index is 15.0. The second kappa shape index (κ2) is 8.76. The van der Waals surface area contributed by atoms with Crippen molar-refractivity contribution in [2.75, 3.05) is 0 Å². The van der Waals surface area contributed by atoms with Gasteiger partial charge in [-0.05, 0) is 44.7 Å². The number of nitrogens with zero attached hydrogens (tertiary/aromatic N) is 3. The molecule has 0 spiro atoms. The van der Waals surface area contributed by atoms with Crippen LogP contribution in [0.15, 0.2) is 35.1 Å². The Hall–Kier alpha value is -3.69. The summed E-state index contributed by atoms with van der Waals surface area (Å²) in [6, 6.07) is 4.07. The Morgan fingerprint density at radius 2 is 1.89 bits per heavy atom. The molecule has 36 heavy (non-hydrogen) atoms. The van der Waals surface area contributed by atoms with Gasteiger partial charge in [0, 0.05) is 54.0 Å². The Morgan fingerprint density at radius 3 is 2.53 bits per heavy atom. The Balaban J connectivity index is 1.65. The van der Waals surface area contributed by atoms with E-state index >= 15 is 4.39 Å². The van der Waals surface area contributed by atoms with Gasteiger partial charge in [-0.1, -0.05) is 11.2 Å². The van der Waals surface area contributed by atoms with Crippen LogP contribution in [0.25, 0.3) is 33.3 Å². The molecule has 1 aliphatic rings. The molecule has 6 nitrogen and oxygen atoms in total. The fourth-order valence-electron chi connectivity index (χ4n) is 5.03. The van der Waals surface area contributed by atoms with Crippen LogP contribution in [0, 0.1) is 31.4 Å². The van der Waals surface area contributed by atoms with E-state index in [1.807, 2.05) is 10.6 Å². The zero-order valence-electron chi connectivity index (χ0n) is 19.6. The van der Waals surface area contributed by atoms with Gasteiger partial charge in [0.05, 0.1) is 22.3 Å². The van der Waals surface area contributed by atoms with Crippen LogP contribution in [0.4, 0.5) is 17.6 Å². The first-order chi connectivity index (χ1) is 17.1. The molecule has 4 aromatic rings. The molecule has 0 bridgehead atoms. The number of fused-ring (bicyclic) bond motifs is 1. The lowest BCUT2D eigenvalue weighted by Gasteiger charge is -2.28. The number of carboxylic acid groups (broad SMARTS) is 1. The lowest BCUT2D eigenvalue weighted by Crippen LogP contribution is -2.26. The van der Waals surface area contributed by atoms with Crippen molar-refractivity contribution in [1.82, 2.24) is 14.7 Å². The maximum Gasteiger partial charge on any atom is 0.338 e. The smallest absolute Gasteiger partial charge is 0.338 e. The highest BCUT2D eigenvalue weighted by atomic mass is 19.3. The number of alkyl halides is 2.